The van der Waals surface area contributed by atoms with E-state index in [2.05, 4.69) is 6.92 Å². The molecule has 0 bridgehead atoms. The largest absolute Gasteiger partial charge is 0.393 e. The molecule has 0 amide bonds. The average molecular weight is 365 g/mol. The predicted octanol–water partition coefficient (Wildman–Crippen LogP) is 5.50. The first kappa shape index (κ1) is 23.9. The Morgan fingerprint density at radius 1 is 0.708 bits per heavy atom. The molecule has 2 atom stereocenters. The second-order valence-electron chi connectivity index (χ2n) is 7.23. The summed E-state index contributed by atoms with van der Waals surface area (Å²) in [6.07, 6.45) is 16.6. The fraction of sp³-hybridized carbons (Fsp3) is 1.00. The van der Waals surface area contributed by atoms with Crippen LogP contribution in [0.5, 0.6) is 0 Å². The fourth-order valence-corrected chi connectivity index (χ4v) is 3.49. The summed E-state index contributed by atoms with van der Waals surface area (Å²) in [4.78, 5) is 0. The maximum atomic E-state index is 10.9. The third kappa shape index (κ3) is 15.4. The minimum Gasteiger partial charge on any atom is -0.393 e. The van der Waals surface area contributed by atoms with Crippen LogP contribution in [0, 0.1) is 0 Å². The van der Waals surface area contributed by atoms with Crippen LogP contribution in [0.4, 0.5) is 0 Å². The van der Waals surface area contributed by atoms with Crippen LogP contribution < -0.4 is 0 Å². The smallest absolute Gasteiger partial charge is 0.267 e. The molecule has 2 unspecified atom stereocenters. The van der Waals surface area contributed by atoms with Gasteiger partial charge in [-0.15, -0.1) is 0 Å². The van der Waals surface area contributed by atoms with Crippen molar-refractivity contribution in [1.29, 1.82) is 0 Å². The van der Waals surface area contributed by atoms with Crippen LogP contribution >= 0.6 is 0 Å². The Labute approximate surface area is 150 Å². The Balaban J connectivity index is 3.21. The standard InChI is InChI=1S/C19H40O4S/c1-3-15-19(20)17-14-12-10-8-6-4-5-7-9-11-13-16-18(2)24(21,22)23/h18-20H,3-17H2,1-2H3,(H,21,22,23). The molecule has 0 aliphatic heterocycles. The Morgan fingerprint density at radius 3 is 1.46 bits per heavy atom. The van der Waals surface area contributed by atoms with E-state index in [-0.39, 0.29) is 6.10 Å². The highest BCUT2D eigenvalue weighted by molar-refractivity contribution is 7.86. The SMILES string of the molecule is CCCC(O)CCCCCCCCCCCCCC(C)S(=O)(=O)O. The molecule has 146 valence electrons. The minimum absolute atomic E-state index is 0.0875. The molecule has 0 spiro atoms. The van der Waals surface area contributed by atoms with E-state index in [1.807, 2.05) is 0 Å². The normalized spacial score (nSPS) is 14.7. The number of aliphatic hydroxyl groups is 1. The van der Waals surface area contributed by atoms with E-state index in [4.69, 9.17) is 4.55 Å². The maximum absolute atomic E-state index is 10.9. The van der Waals surface area contributed by atoms with Crippen LogP contribution in [0.3, 0.4) is 0 Å². The molecule has 5 heteroatoms. The van der Waals surface area contributed by atoms with E-state index >= 15 is 0 Å². The lowest BCUT2D eigenvalue weighted by atomic mass is 10.0. The molecule has 0 aromatic heterocycles. The van der Waals surface area contributed by atoms with E-state index in [0.29, 0.717) is 6.42 Å². The second kappa shape index (κ2) is 15.2. The van der Waals surface area contributed by atoms with Gasteiger partial charge in [0, 0.05) is 0 Å². The van der Waals surface area contributed by atoms with Gasteiger partial charge in [-0.3, -0.25) is 4.55 Å². The molecule has 0 radical (unpaired) electrons. The van der Waals surface area contributed by atoms with Crippen molar-refractivity contribution in [3.8, 4) is 0 Å². The molecular weight excluding hydrogens is 324 g/mol. The Kier molecular flexibility index (Phi) is 15.1. The summed E-state index contributed by atoms with van der Waals surface area (Å²) in [5.74, 6) is 0. The van der Waals surface area contributed by atoms with Gasteiger partial charge < -0.3 is 5.11 Å². The lowest BCUT2D eigenvalue weighted by molar-refractivity contribution is 0.150. The van der Waals surface area contributed by atoms with Gasteiger partial charge >= 0.3 is 0 Å². The lowest BCUT2D eigenvalue weighted by Gasteiger charge is -2.08. The Morgan fingerprint density at radius 2 is 1.08 bits per heavy atom. The van der Waals surface area contributed by atoms with E-state index in [1.165, 1.54) is 44.9 Å². The van der Waals surface area contributed by atoms with Gasteiger partial charge in [-0.1, -0.05) is 84.0 Å². The van der Waals surface area contributed by atoms with Crippen LogP contribution in [0.1, 0.15) is 110 Å². The van der Waals surface area contributed by atoms with Gasteiger partial charge in [-0.2, -0.15) is 8.42 Å². The molecule has 4 nitrogen and oxygen atoms in total. The lowest BCUT2D eigenvalue weighted by Crippen LogP contribution is -2.16. The molecule has 24 heavy (non-hydrogen) atoms. The van der Waals surface area contributed by atoms with Crippen molar-refractivity contribution >= 4 is 10.1 Å². The number of hydrogen-bond acceptors (Lipinski definition) is 3. The summed E-state index contributed by atoms with van der Waals surface area (Å²) in [5, 5.41) is 9.01. The molecule has 0 saturated carbocycles. The molecule has 0 aliphatic carbocycles. The van der Waals surface area contributed by atoms with Crippen molar-refractivity contribution in [2.75, 3.05) is 0 Å². The van der Waals surface area contributed by atoms with Gasteiger partial charge in [0.15, 0.2) is 0 Å². The van der Waals surface area contributed by atoms with Crippen LogP contribution in [-0.2, 0) is 10.1 Å². The topological polar surface area (TPSA) is 74.6 Å². The van der Waals surface area contributed by atoms with Gasteiger partial charge in [-0.05, 0) is 26.2 Å². The molecule has 0 heterocycles. The van der Waals surface area contributed by atoms with E-state index < -0.39 is 15.4 Å². The highest BCUT2D eigenvalue weighted by Crippen LogP contribution is 2.15. The van der Waals surface area contributed by atoms with Crippen LogP contribution in [-0.4, -0.2) is 29.4 Å². The highest BCUT2D eigenvalue weighted by atomic mass is 32.2. The summed E-state index contributed by atoms with van der Waals surface area (Å²) in [6.45, 7) is 3.68. The zero-order valence-electron chi connectivity index (χ0n) is 15.9. The highest BCUT2D eigenvalue weighted by Gasteiger charge is 2.15. The molecule has 2 N–H and O–H groups in total. The monoisotopic (exact) mass is 364 g/mol. The predicted molar refractivity (Wildman–Crippen MR) is 102 cm³/mol. The summed E-state index contributed by atoms with van der Waals surface area (Å²) < 4.78 is 30.6. The molecule has 0 rings (SSSR count). The number of aliphatic hydroxyl groups excluding tert-OH is 1. The molecule has 0 aromatic carbocycles. The zero-order valence-corrected chi connectivity index (χ0v) is 16.7. The third-order valence-electron chi connectivity index (χ3n) is 4.78. The van der Waals surface area contributed by atoms with Crippen LogP contribution in [0.15, 0.2) is 0 Å². The van der Waals surface area contributed by atoms with Gasteiger partial charge in [0.2, 0.25) is 0 Å². The minimum atomic E-state index is -3.84. The molecule has 0 aliphatic rings. The first-order valence-electron chi connectivity index (χ1n) is 10.0. The number of unbranched alkanes of at least 4 members (excludes halogenated alkanes) is 10. The Bertz CT molecular complexity index is 368. The van der Waals surface area contributed by atoms with Crippen molar-refractivity contribution < 1.29 is 18.1 Å². The van der Waals surface area contributed by atoms with Crippen molar-refractivity contribution in [3.05, 3.63) is 0 Å². The molecule has 0 saturated heterocycles. The summed E-state index contributed by atoms with van der Waals surface area (Å²) >= 11 is 0. The van der Waals surface area contributed by atoms with Crippen LogP contribution in [0.25, 0.3) is 0 Å². The average Bonchev–Trinajstić information content (AvgIpc) is 2.51. The van der Waals surface area contributed by atoms with Gasteiger partial charge in [0.05, 0.1) is 11.4 Å². The maximum Gasteiger partial charge on any atom is 0.267 e. The van der Waals surface area contributed by atoms with E-state index in [9.17, 15) is 13.5 Å². The van der Waals surface area contributed by atoms with Crippen molar-refractivity contribution in [1.82, 2.24) is 0 Å². The summed E-state index contributed by atoms with van der Waals surface area (Å²) in [6, 6.07) is 0. The van der Waals surface area contributed by atoms with Gasteiger partial charge in [0.1, 0.15) is 0 Å². The van der Waals surface area contributed by atoms with Crippen molar-refractivity contribution in [2.24, 2.45) is 0 Å². The van der Waals surface area contributed by atoms with Crippen molar-refractivity contribution in [3.63, 3.8) is 0 Å². The van der Waals surface area contributed by atoms with Gasteiger partial charge in [-0.25, -0.2) is 0 Å². The van der Waals surface area contributed by atoms with E-state index in [1.54, 1.807) is 6.92 Å². The quantitative estimate of drug-likeness (QED) is 0.264. The van der Waals surface area contributed by atoms with E-state index in [0.717, 1.165) is 44.9 Å². The van der Waals surface area contributed by atoms with Crippen LogP contribution in [0.2, 0.25) is 0 Å². The first-order chi connectivity index (χ1) is 11.4. The fourth-order valence-electron chi connectivity index (χ4n) is 3.03. The zero-order chi connectivity index (χ0) is 18.3. The Hall–Kier alpha value is -0.130. The summed E-state index contributed by atoms with van der Waals surface area (Å²) in [5.41, 5.74) is 0. The third-order valence-corrected chi connectivity index (χ3v) is 6.03. The number of hydrogen-bond donors (Lipinski definition) is 2. The number of rotatable bonds is 17. The molecule has 0 aromatic rings. The van der Waals surface area contributed by atoms with Crippen molar-refractivity contribution in [2.45, 2.75) is 122 Å². The summed E-state index contributed by atoms with van der Waals surface area (Å²) in [7, 11) is -3.84. The second-order valence-corrected chi connectivity index (χ2v) is 9.07. The molecular formula is C19H40O4S. The first-order valence-corrected chi connectivity index (χ1v) is 11.5. The van der Waals surface area contributed by atoms with Gasteiger partial charge in [0.25, 0.3) is 10.1 Å². The molecule has 0 fully saturated rings.